The number of benzene rings is 2. The summed E-state index contributed by atoms with van der Waals surface area (Å²) in [5.74, 6) is 2.91. The van der Waals surface area contributed by atoms with E-state index in [4.69, 9.17) is 14.2 Å². The molecule has 0 saturated carbocycles. The van der Waals surface area contributed by atoms with Gasteiger partial charge in [-0.1, -0.05) is 18.2 Å². The molecule has 0 aliphatic heterocycles. The van der Waals surface area contributed by atoms with Crippen LogP contribution in [0.25, 0.3) is 0 Å². The van der Waals surface area contributed by atoms with E-state index in [9.17, 15) is 0 Å². The lowest BCUT2D eigenvalue weighted by Crippen LogP contribution is -2.21. The van der Waals surface area contributed by atoms with Gasteiger partial charge in [0.1, 0.15) is 30.0 Å². The van der Waals surface area contributed by atoms with E-state index in [0.29, 0.717) is 12.5 Å². The summed E-state index contributed by atoms with van der Waals surface area (Å²) < 4.78 is 18.1. The summed E-state index contributed by atoms with van der Waals surface area (Å²) in [6.45, 7) is 2.37. The van der Waals surface area contributed by atoms with E-state index >= 15 is 0 Å². The standard InChI is InChI=1S/C20H18BrNO3/c1-15(24-20-12-7-16(21)13-22-20)14-23-17-8-10-19(11-9-17)25-18-5-3-2-4-6-18/h2-13,15H,14H2,1H3. The number of nitrogens with zero attached hydrogens (tertiary/aromatic N) is 1. The van der Waals surface area contributed by atoms with Gasteiger partial charge >= 0.3 is 0 Å². The molecule has 0 radical (unpaired) electrons. The fourth-order valence-corrected chi connectivity index (χ4v) is 2.35. The molecule has 0 aliphatic carbocycles. The van der Waals surface area contributed by atoms with Gasteiger partial charge in [0.25, 0.3) is 0 Å². The Morgan fingerprint density at radius 2 is 1.56 bits per heavy atom. The SMILES string of the molecule is CC(COc1ccc(Oc2ccccc2)cc1)Oc1ccc(Br)cn1. The minimum absolute atomic E-state index is 0.117. The molecule has 3 rings (SSSR count). The number of ether oxygens (including phenoxy) is 3. The molecule has 0 fully saturated rings. The van der Waals surface area contributed by atoms with Crippen LogP contribution in [0.1, 0.15) is 6.92 Å². The van der Waals surface area contributed by atoms with Crippen LogP contribution in [0.4, 0.5) is 0 Å². The largest absolute Gasteiger partial charge is 0.490 e. The second-order valence-electron chi connectivity index (χ2n) is 5.44. The van der Waals surface area contributed by atoms with Crippen molar-refractivity contribution in [2.75, 3.05) is 6.61 Å². The van der Waals surface area contributed by atoms with Gasteiger partial charge in [-0.3, -0.25) is 0 Å². The van der Waals surface area contributed by atoms with Crippen molar-refractivity contribution in [3.63, 3.8) is 0 Å². The highest BCUT2D eigenvalue weighted by atomic mass is 79.9. The Kier molecular flexibility index (Phi) is 5.90. The van der Waals surface area contributed by atoms with Gasteiger partial charge in [-0.2, -0.15) is 0 Å². The third-order valence-corrected chi connectivity index (χ3v) is 3.78. The quantitative estimate of drug-likeness (QED) is 0.527. The van der Waals surface area contributed by atoms with Crippen molar-refractivity contribution in [2.24, 2.45) is 0 Å². The second kappa shape index (κ2) is 8.53. The minimum atomic E-state index is -0.117. The maximum atomic E-state index is 5.76. The molecule has 0 spiro atoms. The Morgan fingerprint density at radius 3 is 2.24 bits per heavy atom. The van der Waals surface area contributed by atoms with E-state index in [1.165, 1.54) is 0 Å². The Labute approximate surface area is 155 Å². The summed E-state index contributed by atoms with van der Waals surface area (Å²) in [5.41, 5.74) is 0. The maximum Gasteiger partial charge on any atom is 0.213 e. The summed E-state index contributed by atoms with van der Waals surface area (Å²) in [6, 6.07) is 20.9. The number of pyridine rings is 1. The van der Waals surface area contributed by atoms with E-state index < -0.39 is 0 Å². The van der Waals surface area contributed by atoms with E-state index in [-0.39, 0.29) is 6.10 Å². The molecule has 1 heterocycles. The zero-order chi connectivity index (χ0) is 17.5. The monoisotopic (exact) mass is 399 g/mol. The highest BCUT2D eigenvalue weighted by molar-refractivity contribution is 9.10. The zero-order valence-electron chi connectivity index (χ0n) is 13.8. The van der Waals surface area contributed by atoms with Gasteiger partial charge in [0, 0.05) is 16.7 Å². The number of hydrogen-bond acceptors (Lipinski definition) is 4. The van der Waals surface area contributed by atoms with Crippen molar-refractivity contribution in [1.82, 2.24) is 4.98 Å². The molecule has 128 valence electrons. The second-order valence-corrected chi connectivity index (χ2v) is 6.36. The molecule has 3 aromatic rings. The van der Waals surface area contributed by atoms with Crippen LogP contribution < -0.4 is 14.2 Å². The fraction of sp³-hybridized carbons (Fsp3) is 0.150. The van der Waals surface area contributed by atoms with Gasteiger partial charge in [0.05, 0.1) is 0 Å². The average Bonchev–Trinajstić information content (AvgIpc) is 2.64. The van der Waals surface area contributed by atoms with Crippen LogP contribution in [0.2, 0.25) is 0 Å². The van der Waals surface area contributed by atoms with Crippen molar-refractivity contribution >= 4 is 15.9 Å². The van der Waals surface area contributed by atoms with Gasteiger partial charge in [0.15, 0.2) is 0 Å². The molecule has 2 aromatic carbocycles. The molecule has 1 aromatic heterocycles. The molecule has 0 bridgehead atoms. The first kappa shape index (κ1) is 17.3. The smallest absolute Gasteiger partial charge is 0.213 e. The van der Waals surface area contributed by atoms with Gasteiger partial charge in [-0.25, -0.2) is 4.98 Å². The maximum absolute atomic E-state index is 5.76. The highest BCUT2D eigenvalue weighted by Gasteiger charge is 2.07. The highest BCUT2D eigenvalue weighted by Crippen LogP contribution is 2.23. The number of rotatable bonds is 7. The molecule has 0 amide bonds. The van der Waals surface area contributed by atoms with E-state index in [1.807, 2.05) is 73.7 Å². The minimum Gasteiger partial charge on any atom is -0.490 e. The molecule has 5 heteroatoms. The van der Waals surface area contributed by atoms with Crippen molar-refractivity contribution in [3.8, 4) is 23.1 Å². The first-order valence-electron chi connectivity index (χ1n) is 7.93. The molecule has 0 aliphatic rings. The summed E-state index contributed by atoms with van der Waals surface area (Å²) in [5, 5.41) is 0. The molecule has 25 heavy (non-hydrogen) atoms. The van der Waals surface area contributed by atoms with Gasteiger partial charge in [0.2, 0.25) is 5.88 Å². The fourth-order valence-electron chi connectivity index (χ4n) is 2.11. The lowest BCUT2D eigenvalue weighted by molar-refractivity contribution is 0.138. The van der Waals surface area contributed by atoms with Gasteiger partial charge in [-0.05, 0) is 65.3 Å². The molecular weight excluding hydrogens is 382 g/mol. The summed E-state index contributed by atoms with van der Waals surface area (Å²) in [6.07, 6.45) is 1.59. The Bertz CT molecular complexity index is 776. The van der Waals surface area contributed by atoms with Crippen LogP contribution in [0, 0.1) is 0 Å². The third kappa shape index (κ3) is 5.50. The first-order chi connectivity index (χ1) is 12.2. The van der Waals surface area contributed by atoms with Crippen molar-refractivity contribution in [3.05, 3.63) is 77.4 Å². The van der Waals surface area contributed by atoms with E-state index in [1.54, 1.807) is 6.20 Å². The number of aromatic nitrogens is 1. The summed E-state index contributed by atoms with van der Waals surface area (Å²) >= 11 is 3.35. The molecular formula is C20H18BrNO3. The molecule has 1 atom stereocenters. The van der Waals surface area contributed by atoms with Gasteiger partial charge < -0.3 is 14.2 Å². The number of hydrogen-bond donors (Lipinski definition) is 0. The van der Waals surface area contributed by atoms with Crippen LogP contribution in [0.15, 0.2) is 77.4 Å². The molecule has 0 saturated heterocycles. The summed E-state index contributed by atoms with van der Waals surface area (Å²) in [4.78, 5) is 4.18. The topological polar surface area (TPSA) is 40.6 Å². The van der Waals surface area contributed by atoms with Crippen LogP contribution in [0.5, 0.6) is 23.1 Å². The van der Waals surface area contributed by atoms with Crippen molar-refractivity contribution in [2.45, 2.75) is 13.0 Å². The Morgan fingerprint density at radius 1 is 0.880 bits per heavy atom. The molecule has 4 nitrogen and oxygen atoms in total. The first-order valence-corrected chi connectivity index (χ1v) is 8.72. The van der Waals surface area contributed by atoms with Crippen molar-refractivity contribution in [1.29, 1.82) is 0 Å². The lowest BCUT2D eigenvalue weighted by Gasteiger charge is -2.15. The average molecular weight is 400 g/mol. The molecule has 1 unspecified atom stereocenters. The summed E-state index contributed by atoms with van der Waals surface area (Å²) in [7, 11) is 0. The van der Waals surface area contributed by atoms with Crippen LogP contribution in [-0.2, 0) is 0 Å². The predicted octanol–water partition coefficient (Wildman–Crippen LogP) is 5.48. The Balaban J connectivity index is 1.48. The van der Waals surface area contributed by atoms with E-state index in [0.717, 1.165) is 21.7 Å². The predicted molar refractivity (Wildman–Crippen MR) is 100 cm³/mol. The van der Waals surface area contributed by atoms with Crippen LogP contribution in [-0.4, -0.2) is 17.7 Å². The third-order valence-electron chi connectivity index (χ3n) is 3.31. The number of halogens is 1. The lowest BCUT2D eigenvalue weighted by atomic mass is 10.3. The zero-order valence-corrected chi connectivity index (χ0v) is 15.3. The van der Waals surface area contributed by atoms with Crippen molar-refractivity contribution < 1.29 is 14.2 Å². The van der Waals surface area contributed by atoms with Gasteiger partial charge in [-0.15, -0.1) is 0 Å². The van der Waals surface area contributed by atoms with E-state index in [2.05, 4.69) is 20.9 Å². The number of para-hydroxylation sites is 1. The normalized spacial score (nSPS) is 11.6. The Hall–Kier alpha value is -2.53. The molecule has 0 N–H and O–H groups in total. The van der Waals surface area contributed by atoms with Crippen LogP contribution in [0.3, 0.4) is 0 Å². The van der Waals surface area contributed by atoms with Crippen LogP contribution >= 0.6 is 15.9 Å².